The van der Waals surface area contributed by atoms with Crippen LogP contribution in [0.3, 0.4) is 0 Å². The number of allylic oxidation sites excluding steroid dienone is 2. The second-order valence-electron chi connectivity index (χ2n) is 3.42. The molecule has 1 N–H and O–H groups in total. The molecule has 0 aromatic rings. The highest BCUT2D eigenvalue weighted by Gasteiger charge is 2.30. The van der Waals surface area contributed by atoms with E-state index in [4.69, 9.17) is 16.3 Å². The first kappa shape index (κ1) is 11.9. The van der Waals surface area contributed by atoms with Crippen molar-refractivity contribution in [2.45, 2.75) is 13.2 Å². The zero-order valence-corrected chi connectivity index (χ0v) is 9.89. The standard InChI is InChI=1S/C11H11ClN2O3/c1-2-17-11(16)8-5-13-9-4-3-7(12)6-14(9)10(8)15/h3-6,10,15H,2H2,1H3. The predicted molar refractivity (Wildman–Crippen MR) is 63.1 cm³/mol. The summed E-state index contributed by atoms with van der Waals surface area (Å²) in [5, 5.41) is 10.5. The Morgan fingerprint density at radius 3 is 3.12 bits per heavy atom. The maximum absolute atomic E-state index is 11.5. The van der Waals surface area contributed by atoms with E-state index in [1.165, 1.54) is 17.3 Å². The number of amidine groups is 1. The zero-order valence-electron chi connectivity index (χ0n) is 9.13. The monoisotopic (exact) mass is 254 g/mol. The van der Waals surface area contributed by atoms with Gasteiger partial charge in [-0.15, -0.1) is 0 Å². The number of hydrogen-bond donors (Lipinski definition) is 1. The zero-order chi connectivity index (χ0) is 12.4. The van der Waals surface area contributed by atoms with Crippen molar-refractivity contribution in [2.24, 2.45) is 4.99 Å². The molecule has 2 aliphatic heterocycles. The fraction of sp³-hybridized carbons (Fsp3) is 0.273. The third-order valence-electron chi connectivity index (χ3n) is 2.31. The van der Waals surface area contributed by atoms with Crippen LogP contribution in [0.5, 0.6) is 0 Å². The molecule has 90 valence electrons. The molecule has 0 amide bonds. The molecule has 2 aliphatic rings. The highest BCUT2D eigenvalue weighted by Crippen LogP contribution is 2.22. The molecule has 2 heterocycles. The molecule has 0 aromatic carbocycles. The molecule has 0 aliphatic carbocycles. The van der Waals surface area contributed by atoms with Crippen molar-refractivity contribution in [2.75, 3.05) is 6.61 Å². The Balaban J connectivity index is 2.28. The summed E-state index contributed by atoms with van der Waals surface area (Å²) < 4.78 is 4.82. The second-order valence-corrected chi connectivity index (χ2v) is 3.86. The summed E-state index contributed by atoms with van der Waals surface area (Å²) in [6.45, 7) is 1.94. The van der Waals surface area contributed by atoms with E-state index in [2.05, 4.69) is 4.99 Å². The molecule has 0 aromatic heterocycles. The molecule has 6 heteroatoms. The first-order chi connectivity index (χ1) is 8.13. The van der Waals surface area contributed by atoms with Crippen LogP contribution < -0.4 is 0 Å². The maximum atomic E-state index is 11.5. The third-order valence-corrected chi connectivity index (χ3v) is 2.53. The van der Waals surface area contributed by atoms with Gasteiger partial charge in [0.25, 0.3) is 0 Å². The number of halogens is 1. The van der Waals surface area contributed by atoms with Crippen molar-refractivity contribution in [1.29, 1.82) is 0 Å². The van der Waals surface area contributed by atoms with Crippen LogP contribution >= 0.6 is 11.6 Å². The molecule has 1 unspecified atom stereocenters. The molecule has 17 heavy (non-hydrogen) atoms. The molecule has 0 fully saturated rings. The average Bonchev–Trinajstić information content (AvgIpc) is 2.30. The molecule has 0 saturated carbocycles. The van der Waals surface area contributed by atoms with E-state index in [-0.39, 0.29) is 12.2 Å². The number of hydrogen-bond acceptors (Lipinski definition) is 5. The van der Waals surface area contributed by atoms with E-state index in [9.17, 15) is 9.90 Å². The Bertz CT molecular complexity index is 465. The van der Waals surface area contributed by atoms with Gasteiger partial charge in [0.15, 0.2) is 6.23 Å². The highest BCUT2D eigenvalue weighted by atomic mass is 35.5. The van der Waals surface area contributed by atoms with Crippen molar-refractivity contribution in [1.82, 2.24) is 4.90 Å². The topological polar surface area (TPSA) is 62.1 Å². The molecule has 0 radical (unpaired) electrons. The van der Waals surface area contributed by atoms with Crippen LogP contribution in [0.25, 0.3) is 0 Å². The molecular weight excluding hydrogens is 244 g/mol. The Kier molecular flexibility index (Phi) is 3.31. The Morgan fingerprint density at radius 2 is 2.41 bits per heavy atom. The first-order valence-electron chi connectivity index (χ1n) is 5.10. The lowest BCUT2D eigenvalue weighted by Crippen LogP contribution is -2.42. The summed E-state index contributed by atoms with van der Waals surface area (Å²) in [6.07, 6.45) is 5.01. The van der Waals surface area contributed by atoms with Gasteiger partial charge >= 0.3 is 5.97 Å². The minimum atomic E-state index is -1.12. The highest BCUT2D eigenvalue weighted by molar-refractivity contribution is 6.32. The second kappa shape index (κ2) is 4.73. The van der Waals surface area contributed by atoms with E-state index in [0.29, 0.717) is 10.9 Å². The number of esters is 1. The molecule has 0 spiro atoms. The molecule has 5 nitrogen and oxygen atoms in total. The van der Waals surface area contributed by atoms with Crippen LogP contribution in [-0.2, 0) is 9.53 Å². The van der Waals surface area contributed by atoms with Gasteiger partial charge < -0.3 is 14.7 Å². The summed E-state index contributed by atoms with van der Waals surface area (Å²) in [7, 11) is 0. The quantitative estimate of drug-likeness (QED) is 0.750. The number of aliphatic hydroxyl groups is 1. The largest absolute Gasteiger partial charge is 0.462 e. The number of carbonyl (C=O) groups excluding carboxylic acids is 1. The molecule has 2 rings (SSSR count). The number of rotatable bonds is 2. The van der Waals surface area contributed by atoms with Crippen LogP contribution in [0.15, 0.2) is 40.1 Å². The summed E-state index contributed by atoms with van der Waals surface area (Å²) in [5.41, 5.74) is 0.0895. The lowest BCUT2D eigenvalue weighted by Gasteiger charge is -2.31. The fourth-order valence-electron chi connectivity index (χ4n) is 1.51. The van der Waals surface area contributed by atoms with E-state index < -0.39 is 12.2 Å². The van der Waals surface area contributed by atoms with Crippen molar-refractivity contribution < 1.29 is 14.6 Å². The Morgan fingerprint density at radius 1 is 1.65 bits per heavy atom. The van der Waals surface area contributed by atoms with E-state index in [1.54, 1.807) is 19.1 Å². The number of ether oxygens (including phenoxy) is 1. The smallest absolute Gasteiger partial charge is 0.340 e. The van der Waals surface area contributed by atoms with E-state index in [1.807, 2.05) is 0 Å². The summed E-state index contributed by atoms with van der Waals surface area (Å²) >= 11 is 5.82. The number of carbonyl (C=O) groups is 1. The van der Waals surface area contributed by atoms with Gasteiger partial charge in [-0.2, -0.15) is 0 Å². The summed E-state index contributed by atoms with van der Waals surface area (Å²) in [5.74, 6) is -0.0585. The number of nitrogens with zero attached hydrogens (tertiary/aromatic N) is 2. The van der Waals surface area contributed by atoms with Crippen LogP contribution in [0.4, 0.5) is 0 Å². The van der Waals surface area contributed by atoms with Gasteiger partial charge in [-0.05, 0) is 19.1 Å². The molecular formula is C11H11ClN2O3. The Hall–Kier alpha value is -1.59. The number of aliphatic imine (C=N–C) groups is 1. The van der Waals surface area contributed by atoms with Gasteiger partial charge in [-0.3, -0.25) is 0 Å². The molecule has 0 bridgehead atoms. The van der Waals surface area contributed by atoms with Crippen molar-refractivity contribution >= 4 is 23.4 Å². The fourth-order valence-corrected chi connectivity index (χ4v) is 1.68. The number of fused-ring (bicyclic) bond motifs is 1. The van der Waals surface area contributed by atoms with Gasteiger partial charge in [-0.1, -0.05) is 11.6 Å². The maximum Gasteiger partial charge on any atom is 0.340 e. The van der Waals surface area contributed by atoms with Gasteiger partial charge in [-0.25, -0.2) is 9.79 Å². The van der Waals surface area contributed by atoms with Gasteiger partial charge in [0.2, 0.25) is 0 Å². The summed E-state index contributed by atoms with van der Waals surface area (Å²) in [6, 6.07) is 0. The predicted octanol–water partition coefficient (Wildman–Crippen LogP) is 1.12. The Labute approximate surface area is 103 Å². The lowest BCUT2D eigenvalue weighted by atomic mass is 10.1. The van der Waals surface area contributed by atoms with E-state index in [0.717, 1.165) is 0 Å². The third kappa shape index (κ3) is 2.25. The van der Waals surface area contributed by atoms with Crippen LogP contribution in [0.1, 0.15) is 6.92 Å². The first-order valence-corrected chi connectivity index (χ1v) is 5.48. The van der Waals surface area contributed by atoms with Crippen LogP contribution in [0.2, 0.25) is 0 Å². The van der Waals surface area contributed by atoms with Gasteiger partial charge in [0, 0.05) is 12.4 Å². The minimum absolute atomic E-state index is 0.0895. The van der Waals surface area contributed by atoms with Gasteiger partial charge in [0.1, 0.15) is 11.4 Å². The van der Waals surface area contributed by atoms with Crippen molar-refractivity contribution in [3.8, 4) is 0 Å². The lowest BCUT2D eigenvalue weighted by molar-refractivity contribution is -0.140. The SMILES string of the molecule is CCOC(=O)C1=CN=C2C=CC(Cl)=CN2C1O. The van der Waals surface area contributed by atoms with Crippen LogP contribution in [-0.4, -0.2) is 34.6 Å². The van der Waals surface area contributed by atoms with E-state index >= 15 is 0 Å². The molecule has 1 atom stereocenters. The minimum Gasteiger partial charge on any atom is -0.462 e. The van der Waals surface area contributed by atoms with Crippen molar-refractivity contribution in [3.63, 3.8) is 0 Å². The normalized spacial score (nSPS) is 22.4. The van der Waals surface area contributed by atoms with Crippen LogP contribution in [0, 0.1) is 0 Å². The average molecular weight is 255 g/mol. The number of aliphatic hydroxyl groups excluding tert-OH is 1. The van der Waals surface area contributed by atoms with Crippen molar-refractivity contribution in [3.05, 3.63) is 35.2 Å². The molecule has 0 saturated heterocycles. The van der Waals surface area contributed by atoms with Gasteiger partial charge in [0.05, 0.1) is 11.6 Å². The summed E-state index contributed by atoms with van der Waals surface area (Å²) in [4.78, 5) is 17.0.